The number of para-hydroxylation sites is 1. The van der Waals surface area contributed by atoms with E-state index in [0.717, 1.165) is 29.2 Å². The predicted octanol–water partition coefficient (Wildman–Crippen LogP) is 4.36. The molecular formula is C16H21ClN2O. The van der Waals surface area contributed by atoms with Gasteiger partial charge in [-0.1, -0.05) is 13.0 Å². The largest absolute Gasteiger partial charge is 0.492 e. The molecule has 1 heterocycles. The average molecular weight is 293 g/mol. The van der Waals surface area contributed by atoms with E-state index in [2.05, 4.69) is 17.6 Å². The second-order valence-corrected chi connectivity index (χ2v) is 5.93. The van der Waals surface area contributed by atoms with Crippen LogP contribution in [0.4, 0.5) is 0 Å². The lowest BCUT2D eigenvalue weighted by atomic mass is 10.0. The summed E-state index contributed by atoms with van der Waals surface area (Å²) in [7, 11) is 0. The van der Waals surface area contributed by atoms with Gasteiger partial charge in [-0.2, -0.15) is 0 Å². The Kier molecular flexibility index (Phi) is 3.63. The molecule has 0 amide bonds. The van der Waals surface area contributed by atoms with Crippen LogP contribution in [0.15, 0.2) is 18.2 Å². The summed E-state index contributed by atoms with van der Waals surface area (Å²) in [6.07, 6.45) is 3.85. The maximum absolute atomic E-state index is 6.10. The van der Waals surface area contributed by atoms with Crippen LogP contribution in [0.2, 0.25) is 0 Å². The van der Waals surface area contributed by atoms with E-state index in [1.54, 1.807) is 0 Å². The quantitative estimate of drug-likeness (QED) is 0.740. The van der Waals surface area contributed by atoms with Gasteiger partial charge in [0.25, 0.3) is 0 Å². The molecule has 3 nitrogen and oxygen atoms in total. The molecule has 0 radical (unpaired) electrons. The van der Waals surface area contributed by atoms with Crippen molar-refractivity contribution in [2.45, 2.75) is 45.5 Å². The first kappa shape index (κ1) is 13.7. The van der Waals surface area contributed by atoms with Gasteiger partial charge in [0.05, 0.1) is 18.0 Å². The minimum atomic E-state index is 0.444. The Balaban J connectivity index is 2.07. The highest BCUT2D eigenvalue weighted by atomic mass is 35.5. The lowest BCUT2D eigenvalue weighted by Crippen LogP contribution is -2.12. The smallest absolute Gasteiger partial charge is 0.147 e. The van der Waals surface area contributed by atoms with E-state index in [-0.39, 0.29) is 0 Å². The number of halogens is 1. The third-order valence-corrected chi connectivity index (χ3v) is 4.68. The standard InChI is InChI=1S/C16H21ClN2O/c1-3-16(8-9-16)11-19-12-6-5-7-13(20-4-2)15(12)18-14(19)10-17/h5-7H,3-4,8-11H2,1-2H3. The number of alkyl halides is 1. The van der Waals surface area contributed by atoms with Crippen LogP contribution in [-0.2, 0) is 12.4 Å². The fraction of sp³-hybridized carbons (Fsp3) is 0.562. The molecule has 1 aliphatic carbocycles. The molecule has 0 N–H and O–H groups in total. The van der Waals surface area contributed by atoms with Gasteiger partial charge in [0, 0.05) is 6.54 Å². The summed E-state index contributed by atoms with van der Waals surface area (Å²) >= 11 is 6.10. The van der Waals surface area contributed by atoms with E-state index in [9.17, 15) is 0 Å². The molecule has 1 saturated carbocycles. The van der Waals surface area contributed by atoms with E-state index in [1.807, 2.05) is 19.1 Å². The number of rotatable bonds is 6. The molecule has 108 valence electrons. The number of fused-ring (bicyclic) bond motifs is 1. The summed E-state index contributed by atoms with van der Waals surface area (Å²) in [6.45, 7) is 5.95. The highest BCUT2D eigenvalue weighted by Gasteiger charge is 2.41. The van der Waals surface area contributed by atoms with Crippen LogP contribution in [0.5, 0.6) is 5.75 Å². The summed E-state index contributed by atoms with van der Waals surface area (Å²) in [5.74, 6) is 2.25. The third-order valence-electron chi connectivity index (χ3n) is 4.44. The van der Waals surface area contributed by atoms with Gasteiger partial charge in [-0.3, -0.25) is 0 Å². The minimum Gasteiger partial charge on any atom is -0.492 e. The van der Waals surface area contributed by atoms with Crippen LogP contribution < -0.4 is 4.74 Å². The Morgan fingerprint density at radius 3 is 2.75 bits per heavy atom. The van der Waals surface area contributed by atoms with E-state index in [0.29, 0.717) is 17.9 Å². The van der Waals surface area contributed by atoms with E-state index >= 15 is 0 Å². The topological polar surface area (TPSA) is 27.1 Å². The maximum atomic E-state index is 6.10. The first-order valence-corrected chi connectivity index (χ1v) is 7.93. The molecule has 1 fully saturated rings. The van der Waals surface area contributed by atoms with Gasteiger partial charge in [0.15, 0.2) is 0 Å². The lowest BCUT2D eigenvalue weighted by molar-refractivity contribution is 0.343. The molecule has 0 bridgehead atoms. The van der Waals surface area contributed by atoms with E-state index < -0.39 is 0 Å². The van der Waals surface area contributed by atoms with Crippen molar-refractivity contribution < 1.29 is 4.74 Å². The van der Waals surface area contributed by atoms with Crippen LogP contribution in [0.3, 0.4) is 0 Å². The molecule has 2 aromatic rings. The summed E-state index contributed by atoms with van der Waals surface area (Å²) in [6, 6.07) is 6.13. The number of hydrogen-bond donors (Lipinski definition) is 0. The number of hydrogen-bond acceptors (Lipinski definition) is 2. The highest BCUT2D eigenvalue weighted by Crippen LogP contribution is 2.50. The Morgan fingerprint density at radius 1 is 1.35 bits per heavy atom. The van der Waals surface area contributed by atoms with Crippen molar-refractivity contribution in [3.8, 4) is 5.75 Å². The fourth-order valence-corrected chi connectivity index (χ4v) is 3.06. The van der Waals surface area contributed by atoms with Crippen LogP contribution in [-0.4, -0.2) is 16.2 Å². The van der Waals surface area contributed by atoms with Crippen molar-refractivity contribution in [1.82, 2.24) is 9.55 Å². The number of nitrogens with zero attached hydrogens (tertiary/aromatic N) is 2. The molecule has 4 heteroatoms. The van der Waals surface area contributed by atoms with Gasteiger partial charge in [-0.25, -0.2) is 4.98 Å². The molecule has 0 atom stereocenters. The molecule has 0 saturated heterocycles. The monoisotopic (exact) mass is 292 g/mol. The molecule has 0 aliphatic heterocycles. The van der Waals surface area contributed by atoms with Gasteiger partial charge in [0.1, 0.15) is 17.1 Å². The second-order valence-electron chi connectivity index (χ2n) is 5.66. The number of imidazole rings is 1. The lowest BCUT2D eigenvalue weighted by Gasteiger charge is -2.16. The summed E-state index contributed by atoms with van der Waals surface area (Å²) in [5.41, 5.74) is 2.55. The maximum Gasteiger partial charge on any atom is 0.147 e. The second kappa shape index (κ2) is 5.28. The highest BCUT2D eigenvalue weighted by molar-refractivity contribution is 6.16. The van der Waals surface area contributed by atoms with Crippen molar-refractivity contribution in [3.05, 3.63) is 24.0 Å². The number of ether oxygens (including phenoxy) is 1. The number of aromatic nitrogens is 2. The normalized spacial score (nSPS) is 16.6. The number of benzene rings is 1. The minimum absolute atomic E-state index is 0.444. The molecule has 1 aromatic carbocycles. The van der Waals surface area contributed by atoms with Gasteiger partial charge in [-0.15, -0.1) is 11.6 Å². The third kappa shape index (κ3) is 2.28. The summed E-state index contributed by atoms with van der Waals surface area (Å²) in [5, 5.41) is 0. The zero-order valence-corrected chi connectivity index (χ0v) is 12.9. The van der Waals surface area contributed by atoms with Crippen LogP contribution in [0.25, 0.3) is 11.0 Å². The zero-order valence-electron chi connectivity index (χ0n) is 12.2. The fourth-order valence-electron chi connectivity index (χ4n) is 2.86. The Morgan fingerprint density at radius 2 is 2.15 bits per heavy atom. The van der Waals surface area contributed by atoms with Crippen LogP contribution in [0, 0.1) is 5.41 Å². The molecule has 0 spiro atoms. The zero-order chi connectivity index (χ0) is 14.2. The molecule has 20 heavy (non-hydrogen) atoms. The first-order valence-electron chi connectivity index (χ1n) is 7.40. The SMILES string of the molecule is CCOc1cccc2c1nc(CCl)n2CC1(CC)CC1. The van der Waals surface area contributed by atoms with Crippen LogP contribution >= 0.6 is 11.6 Å². The van der Waals surface area contributed by atoms with Crippen LogP contribution in [0.1, 0.15) is 38.9 Å². The van der Waals surface area contributed by atoms with Crippen molar-refractivity contribution in [2.24, 2.45) is 5.41 Å². The van der Waals surface area contributed by atoms with E-state index in [4.69, 9.17) is 21.3 Å². The van der Waals surface area contributed by atoms with Crippen molar-refractivity contribution in [2.75, 3.05) is 6.61 Å². The van der Waals surface area contributed by atoms with Gasteiger partial charge < -0.3 is 9.30 Å². The first-order chi connectivity index (χ1) is 9.73. The van der Waals surface area contributed by atoms with Gasteiger partial charge >= 0.3 is 0 Å². The van der Waals surface area contributed by atoms with E-state index in [1.165, 1.54) is 19.3 Å². The molecule has 0 unspecified atom stereocenters. The molecule has 3 rings (SSSR count). The summed E-state index contributed by atoms with van der Waals surface area (Å²) < 4.78 is 7.98. The van der Waals surface area contributed by atoms with Crippen molar-refractivity contribution in [3.63, 3.8) is 0 Å². The van der Waals surface area contributed by atoms with Gasteiger partial charge in [-0.05, 0) is 43.7 Å². The van der Waals surface area contributed by atoms with Crippen molar-refractivity contribution in [1.29, 1.82) is 0 Å². The predicted molar refractivity (Wildman–Crippen MR) is 82.4 cm³/mol. The molecule has 1 aliphatic rings. The molecular weight excluding hydrogens is 272 g/mol. The molecule has 1 aromatic heterocycles. The Bertz CT molecular complexity index is 616. The van der Waals surface area contributed by atoms with Gasteiger partial charge in [0.2, 0.25) is 0 Å². The summed E-state index contributed by atoms with van der Waals surface area (Å²) in [4.78, 5) is 4.70. The van der Waals surface area contributed by atoms with Crippen molar-refractivity contribution >= 4 is 22.6 Å². The average Bonchev–Trinajstić information content (AvgIpc) is 3.16. The Labute approximate surface area is 124 Å². The Hall–Kier alpha value is -1.22.